The summed E-state index contributed by atoms with van der Waals surface area (Å²) in [5, 5.41) is 8.88. The monoisotopic (exact) mass is 368 g/mol. The van der Waals surface area contributed by atoms with E-state index in [1.165, 1.54) is 4.68 Å². The van der Waals surface area contributed by atoms with Crippen LogP contribution in [0, 0.1) is 0 Å². The van der Waals surface area contributed by atoms with Gasteiger partial charge in [0.25, 0.3) is 5.56 Å². The Morgan fingerprint density at radius 2 is 1.54 bits per heavy atom. The zero-order valence-corrected chi connectivity index (χ0v) is 14.9. The van der Waals surface area contributed by atoms with Crippen LogP contribution in [-0.2, 0) is 6.67 Å². The minimum atomic E-state index is -0.158. The Morgan fingerprint density at radius 1 is 0.821 bits per heavy atom. The van der Waals surface area contributed by atoms with Gasteiger partial charge in [0.2, 0.25) is 0 Å². The molecule has 0 bridgehead atoms. The van der Waals surface area contributed by atoms with Crippen LogP contribution in [0.4, 0.5) is 0 Å². The molecule has 28 heavy (non-hydrogen) atoms. The molecule has 5 rings (SSSR count). The first-order valence-corrected chi connectivity index (χ1v) is 8.90. The summed E-state index contributed by atoms with van der Waals surface area (Å²) >= 11 is 0. The Hall–Kier alpha value is -4.00. The van der Waals surface area contributed by atoms with Crippen LogP contribution in [0.3, 0.4) is 0 Å². The van der Waals surface area contributed by atoms with Gasteiger partial charge < -0.3 is 0 Å². The molecule has 7 heteroatoms. The third-order valence-electron chi connectivity index (χ3n) is 4.61. The summed E-state index contributed by atoms with van der Waals surface area (Å²) in [6, 6.07) is 24.7. The molecule has 0 fully saturated rings. The van der Waals surface area contributed by atoms with E-state index < -0.39 is 0 Å². The highest BCUT2D eigenvalue weighted by Gasteiger charge is 2.13. The number of nitrogens with one attached hydrogen (secondary N) is 1. The molecule has 2 aromatic heterocycles. The van der Waals surface area contributed by atoms with Crippen molar-refractivity contribution in [3.8, 4) is 11.4 Å². The molecule has 0 aliphatic heterocycles. The number of hydrogen-bond acceptors (Lipinski definition) is 5. The molecule has 0 saturated carbocycles. The predicted molar refractivity (Wildman–Crippen MR) is 108 cm³/mol. The van der Waals surface area contributed by atoms with Crippen molar-refractivity contribution in [3.63, 3.8) is 0 Å². The summed E-state index contributed by atoms with van der Waals surface area (Å²) < 4.78 is 3.19. The highest BCUT2D eigenvalue weighted by molar-refractivity contribution is 5.79. The van der Waals surface area contributed by atoms with Gasteiger partial charge in [0, 0.05) is 5.56 Å². The second kappa shape index (κ2) is 6.62. The smallest absolute Gasteiger partial charge is 0.280 e. The summed E-state index contributed by atoms with van der Waals surface area (Å²) in [7, 11) is 0. The summed E-state index contributed by atoms with van der Waals surface area (Å²) in [4.78, 5) is 17.9. The van der Waals surface area contributed by atoms with Gasteiger partial charge in [-0.3, -0.25) is 10.2 Å². The maximum atomic E-state index is 13.2. The largest absolute Gasteiger partial charge is 0.300 e. The Morgan fingerprint density at radius 3 is 2.39 bits per heavy atom. The van der Waals surface area contributed by atoms with Gasteiger partial charge in [0.05, 0.1) is 16.4 Å². The molecule has 0 aliphatic rings. The predicted octanol–water partition coefficient (Wildman–Crippen LogP) is 3.01. The van der Waals surface area contributed by atoms with Crippen LogP contribution in [-0.4, -0.2) is 24.7 Å². The molecule has 0 saturated heterocycles. The maximum absolute atomic E-state index is 13.2. The Labute approximate surface area is 159 Å². The summed E-state index contributed by atoms with van der Waals surface area (Å²) in [5.74, 6) is 0.550. The van der Waals surface area contributed by atoms with Crippen molar-refractivity contribution in [1.29, 1.82) is 0 Å². The molecule has 0 spiro atoms. The molecule has 5 aromatic rings. The molecule has 0 atom stereocenters. The molecule has 2 heterocycles. The zero-order chi connectivity index (χ0) is 18.9. The average molecular weight is 368 g/mol. The topological polar surface area (TPSA) is 77.6 Å². The first-order valence-electron chi connectivity index (χ1n) is 8.90. The number of rotatable bonds is 4. The van der Waals surface area contributed by atoms with E-state index in [2.05, 4.69) is 15.7 Å². The van der Waals surface area contributed by atoms with Gasteiger partial charge in [0.15, 0.2) is 5.82 Å². The molecular weight excluding hydrogens is 352 g/mol. The highest BCUT2D eigenvalue weighted by Crippen LogP contribution is 2.18. The number of aromatic nitrogens is 5. The van der Waals surface area contributed by atoms with E-state index in [4.69, 9.17) is 4.98 Å². The number of nitrogens with zero attached hydrogens (tertiary/aromatic N) is 5. The summed E-state index contributed by atoms with van der Waals surface area (Å²) in [6.45, 7) is 0.278. The van der Waals surface area contributed by atoms with Crippen molar-refractivity contribution in [3.05, 3.63) is 89.2 Å². The molecule has 1 N–H and O–H groups in total. The second-order valence-electron chi connectivity index (χ2n) is 6.35. The number of para-hydroxylation sites is 2. The van der Waals surface area contributed by atoms with E-state index in [0.717, 1.165) is 16.6 Å². The van der Waals surface area contributed by atoms with Crippen molar-refractivity contribution in [2.24, 2.45) is 0 Å². The van der Waals surface area contributed by atoms with Gasteiger partial charge >= 0.3 is 0 Å². The Bertz CT molecular complexity index is 1340. The molecular formula is C21H16N6O. The lowest BCUT2D eigenvalue weighted by Crippen LogP contribution is -2.33. The lowest BCUT2D eigenvalue weighted by atomic mass is 10.2. The fourth-order valence-electron chi connectivity index (χ4n) is 3.23. The van der Waals surface area contributed by atoms with Crippen molar-refractivity contribution >= 4 is 21.9 Å². The van der Waals surface area contributed by atoms with Gasteiger partial charge in [-0.05, 0) is 24.3 Å². The van der Waals surface area contributed by atoms with Crippen molar-refractivity contribution in [1.82, 2.24) is 24.7 Å². The minimum absolute atomic E-state index is 0.158. The van der Waals surface area contributed by atoms with E-state index in [-0.39, 0.29) is 12.2 Å². The van der Waals surface area contributed by atoms with E-state index in [0.29, 0.717) is 16.7 Å². The minimum Gasteiger partial charge on any atom is -0.300 e. The van der Waals surface area contributed by atoms with Gasteiger partial charge in [-0.2, -0.15) is 0 Å². The van der Waals surface area contributed by atoms with Crippen LogP contribution in [0.2, 0.25) is 0 Å². The normalized spacial score (nSPS) is 11.1. The first kappa shape index (κ1) is 16.2. The first-order chi connectivity index (χ1) is 13.8. The van der Waals surface area contributed by atoms with Crippen LogP contribution >= 0.6 is 0 Å². The van der Waals surface area contributed by atoms with Gasteiger partial charge in [-0.15, -0.1) is 5.10 Å². The third kappa shape index (κ3) is 2.69. The molecule has 0 radical (unpaired) electrons. The number of hydrogen-bond donors (Lipinski definition) is 1. The van der Waals surface area contributed by atoms with Crippen LogP contribution in [0.15, 0.2) is 83.7 Å². The van der Waals surface area contributed by atoms with Gasteiger partial charge in [-0.1, -0.05) is 59.8 Å². The molecule has 0 aliphatic carbocycles. The zero-order valence-electron chi connectivity index (χ0n) is 14.9. The van der Waals surface area contributed by atoms with Crippen LogP contribution < -0.4 is 11.0 Å². The summed E-state index contributed by atoms with van der Waals surface area (Å²) in [5.41, 5.74) is 6.21. The Balaban J connectivity index is 1.63. The van der Waals surface area contributed by atoms with Crippen molar-refractivity contribution in [2.75, 3.05) is 5.43 Å². The maximum Gasteiger partial charge on any atom is 0.280 e. The van der Waals surface area contributed by atoms with Gasteiger partial charge in [-0.25, -0.2) is 14.3 Å². The van der Waals surface area contributed by atoms with Crippen LogP contribution in [0.1, 0.15) is 0 Å². The number of benzene rings is 3. The second-order valence-corrected chi connectivity index (χ2v) is 6.35. The lowest BCUT2D eigenvalue weighted by Gasteiger charge is -2.15. The van der Waals surface area contributed by atoms with Crippen LogP contribution in [0.25, 0.3) is 33.3 Å². The van der Waals surface area contributed by atoms with Gasteiger partial charge in [0.1, 0.15) is 12.2 Å². The third-order valence-corrected chi connectivity index (χ3v) is 4.61. The number of fused-ring (bicyclic) bond motifs is 2. The van der Waals surface area contributed by atoms with E-state index in [9.17, 15) is 4.79 Å². The fraction of sp³-hybridized carbons (Fsp3) is 0.0476. The molecule has 0 amide bonds. The van der Waals surface area contributed by atoms with E-state index in [1.807, 2.05) is 72.8 Å². The van der Waals surface area contributed by atoms with Crippen molar-refractivity contribution < 1.29 is 0 Å². The average Bonchev–Trinajstić information content (AvgIpc) is 3.17. The lowest BCUT2D eigenvalue weighted by molar-refractivity contribution is 0.600. The highest BCUT2D eigenvalue weighted by atomic mass is 16.1. The quantitative estimate of drug-likeness (QED) is 0.528. The van der Waals surface area contributed by atoms with E-state index >= 15 is 0 Å². The molecule has 3 aromatic carbocycles. The van der Waals surface area contributed by atoms with E-state index in [1.54, 1.807) is 10.7 Å². The molecule has 0 unspecified atom stereocenters. The fourth-order valence-corrected chi connectivity index (χ4v) is 3.23. The molecule has 136 valence electrons. The van der Waals surface area contributed by atoms with Crippen molar-refractivity contribution in [2.45, 2.75) is 6.67 Å². The Kier molecular flexibility index (Phi) is 3.83. The summed E-state index contributed by atoms with van der Waals surface area (Å²) in [6.07, 6.45) is 0. The van der Waals surface area contributed by atoms with Crippen LogP contribution in [0.5, 0.6) is 0 Å². The SMILES string of the molecule is O=c1c2ccccc2nc(-c2ccccc2)n1NCn1nnc2ccccc21. The molecule has 7 nitrogen and oxygen atoms in total. The standard InChI is InChI=1S/C21H16N6O/c28-21-16-10-4-5-11-17(16)23-20(15-8-2-1-3-9-15)27(21)22-14-26-19-13-7-6-12-18(19)24-25-26/h1-13,22H,14H2.